The van der Waals surface area contributed by atoms with Gasteiger partial charge in [-0.2, -0.15) is 0 Å². The predicted molar refractivity (Wildman–Crippen MR) is 85.7 cm³/mol. The fraction of sp³-hybridized carbons (Fsp3) is 0.562. The van der Waals surface area contributed by atoms with Crippen LogP contribution in [0.5, 0.6) is 0 Å². The second-order valence-corrected chi connectivity index (χ2v) is 6.79. The van der Waals surface area contributed by atoms with E-state index in [4.69, 9.17) is 4.99 Å². The lowest BCUT2D eigenvalue weighted by Gasteiger charge is -2.44. The highest BCUT2D eigenvalue weighted by atomic mass is 15.2. The number of nitrogens with one attached hydrogen (secondary N) is 3. The Labute approximate surface area is 121 Å². The summed E-state index contributed by atoms with van der Waals surface area (Å²) in [4.78, 5) is 4.95. The van der Waals surface area contributed by atoms with Crippen molar-refractivity contribution in [1.82, 2.24) is 5.32 Å². The molecule has 0 aliphatic carbocycles. The van der Waals surface area contributed by atoms with Crippen LogP contribution in [0.3, 0.4) is 0 Å². The second-order valence-electron chi connectivity index (χ2n) is 6.79. The first-order chi connectivity index (χ1) is 9.49. The largest absolute Gasteiger partial charge is 0.370 e. The molecule has 1 unspecified atom stereocenters. The van der Waals surface area contributed by atoms with Crippen LogP contribution >= 0.6 is 0 Å². The van der Waals surface area contributed by atoms with E-state index >= 15 is 0 Å². The minimum absolute atomic E-state index is 0.0826. The topological polar surface area (TPSA) is 48.5 Å². The SMILES string of the molecule is CC(C)(C)N=C1Nc2ccccc2NC12CCCNC2. The van der Waals surface area contributed by atoms with Crippen LogP contribution in [0.1, 0.15) is 33.6 Å². The highest BCUT2D eigenvalue weighted by Gasteiger charge is 2.41. The van der Waals surface area contributed by atoms with Crippen LogP contribution in [0.15, 0.2) is 29.3 Å². The second kappa shape index (κ2) is 4.77. The van der Waals surface area contributed by atoms with Crippen molar-refractivity contribution in [3.8, 4) is 0 Å². The first kappa shape index (κ1) is 13.4. The van der Waals surface area contributed by atoms with Crippen LogP contribution in [0.2, 0.25) is 0 Å². The molecular formula is C16H24N4. The van der Waals surface area contributed by atoms with Crippen LogP contribution in [0, 0.1) is 0 Å². The number of anilines is 2. The van der Waals surface area contributed by atoms with E-state index in [2.05, 4.69) is 61.0 Å². The molecule has 0 radical (unpaired) electrons. The minimum Gasteiger partial charge on any atom is -0.370 e. The van der Waals surface area contributed by atoms with Gasteiger partial charge in [-0.25, -0.2) is 0 Å². The van der Waals surface area contributed by atoms with E-state index in [1.165, 1.54) is 12.1 Å². The lowest BCUT2D eigenvalue weighted by atomic mass is 9.85. The van der Waals surface area contributed by atoms with Crippen molar-refractivity contribution in [2.45, 2.75) is 44.7 Å². The van der Waals surface area contributed by atoms with Crippen LogP contribution < -0.4 is 16.0 Å². The van der Waals surface area contributed by atoms with Gasteiger partial charge in [0.15, 0.2) is 0 Å². The number of hydrogen-bond donors (Lipinski definition) is 3. The number of nitrogens with zero attached hydrogens (tertiary/aromatic N) is 1. The van der Waals surface area contributed by atoms with Gasteiger partial charge in [-0.15, -0.1) is 0 Å². The summed E-state index contributed by atoms with van der Waals surface area (Å²) in [6.45, 7) is 8.45. The number of aliphatic imine (C=N–C) groups is 1. The normalized spacial score (nSPS) is 27.9. The number of fused-ring (bicyclic) bond motifs is 1. The van der Waals surface area contributed by atoms with Crippen LogP contribution in [0.25, 0.3) is 0 Å². The van der Waals surface area contributed by atoms with Gasteiger partial charge in [-0.3, -0.25) is 4.99 Å². The zero-order valence-electron chi connectivity index (χ0n) is 12.6. The zero-order valence-corrected chi connectivity index (χ0v) is 12.6. The molecule has 0 aromatic heterocycles. The van der Waals surface area contributed by atoms with Gasteiger partial charge in [0.05, 0.1) is 16.9 Å². The molecule has 1 aromatic rings. The molecule has 20 heavy (non-hydrogen) atoms. The Kier molecular flexibility index (Phi) is 3.21. The van der Waals surface area contributed by atoms with E-state index < -0.39 is 0 Å². The van der Waals surface area contributed by atoms with Crippen molar-refractivity contribution in [2.24, 2.45) is 4.99 Å². The van der Waals surface area contributed by atoms with Crippen molar-refractivity contribution in [2.75, 3.05) is 23.7 Å². The Morgan fingerprint density at radius 1 is 1.15 bits per heavy atom. The maximum atomic E-state index is 4.95. The Balaban J connectivity index is 2.03. The van der Waals surface area contributed by atoms with E-state index in [1.807, 2.05) is 0 Å². The van der Waals surface area contributed by atoms with Crippen molar-refractivity contribution in [1.29, 1.82) is 0 Å². The molecule has 2 aliphatic rings. The molecule has 1 spiro atoms. The molecule has 0 bridgehead atoms. The number of benzene rings is 1. The van der Waals surface area contributed by atoms with Gasteiger partial charge < -0.3 is 16.0 Å². The lowest BCUT2D eigenvalue weighted by Crippen LogP contribution is -2.61. The van der Waals surface area contributed by atoms with Crippen molar-refractivity contribution in [3.63, 3.8) is 0 Å². The van der Waals surface area contributed by atoms with Gasteiger partial charge in [0.25, 0.3) is 0 Å². The standard InChI is InChI=1S/C16H24N4/c1-15(2,3)20-14-16(9-6-10-17-11-16)19-13-8-5-4-7-12(13)18-14/h4-5,7-8,17,19H,6,9-11H2,1-3H3,(H,18,20). The van der Waals surface area contributed by atoms with Crippen LogP contribution in [-0.4, -0.2) is 30.0 Å². The monoisotopic (exact) mass is 272 g/mol. The summed E-state index contributed by atoms with van der Waals surface area (Å²) in [5.41, 5.74) is 2.11. The van der Waals surface area contributed by atoms with Gasteiger partial charge in [-0.1, -0.05) is 12.1 Å². The van der Waals surface area contributed by atoms with Gasteiger partial charge in [0.1, 0.15) is 11.4 Å². The smallest absolute Gasteiger partial charge is 0.129 e. The van der Waals surface area contributed by atoms with Crippen molar-refractivity contribution >= 4 is 17.2 Å². The van der Waals surface area contributed by atoms with Crippen LogP contribution in [-0.2, 0) is 0 Å². The fourth-order valence-electron chi connectivity index (χ4n) is 2.95. The van der Waals surface area contributed by atoms with Crippen LogP contribution in [0.4, 0.5) is 11.4 Å². The maximum absolute atomic E-state index is 4.95. The van der Waals surface area contributed by atoms with E-state index in [0.717, 1.165) is 31.0 Å². The molecule has 0 amide bonds. The molecule has 2 heterocycles. The molecule has 4 nitrogen and oxygen atoms in total. The first-order valence-electron chi connectivity index (χ1n) is 7.44. The first-order valence-corrected chi connectivity index (χ1v) is 7.44. The Bertz CT molecular complexity index is 522. The molecule has 1 aromatic carbocycles. The molecule has 0 saturated carbocycles. The molecule has 108 valence electrons. The Morgan fingerprint density at radius 2 is 1.90 bits per heavy atom. The predicted octanol–water partition coefficient (Wildman–Crippen LogP) is 2.84. The van der Waals surface area contributed by atoms with Crippen molar-refractivity contribution in [3.05, 3.63) is 24.3 Å². The molecule has 1 saturated heterocycles. The fourth-order valence-corrected chi connectivity index (χ4v) is 2.95. The zero-order chi connectivity index (χ0) is 14.2. The minimum atomic E-state index is -0.0973. The van der Waals surface area contributed by atoms with Gasteiger partial charge >= 0.3 is 0 Å². The molecule has 2 aliphatic heterocycles. The Morgan fingerprint density at radius 3 is 2.55 bits per heavy atom. The average molecular weight is 272 g/mol. The van der Waals surface area contributed by atoms with Gasteiger partial charge in [0, 0.05) is 6.54 Å². The number of para-hydroxylation sites is 2. The third kappa shape index (κ3) is 2.52. The molecule has 4 heteroatoms. The third-order valence-corrected chi connectivity index (χ3v) is 3.84. The molecular weight excluding hydrogens is 248 g/mol. The van der Waals surface area contributed by atoms with Gasteiger partial charge in [-0.05, 0) is 52.3 Å². The van der Waals surface area contributed by atoms with Gasteiger partial charge in [0.2, 0.25) is 0 Å². The van der Waals surface area contributed by atoms with E-state index in [1.54, 1.807) is 0 Å². The number of piperidine rings is 1. The van der Waals surface area contributed by atoms with Crippen molar-refractivity contribution < 1.29 is 0 Å². The quantitative estimate of drug-likeness (QED) is 0.680. The summed E-state index contributed by atoms with van der Waals surface area (Å²) in [6, 6.07) is 8.36. The summed E-state index contributed by atoms with van der Waals surface area (Å²) in [5.74, 6) is 1.07. The maximum Gasteiger partial charge on any atom is 0.129 e. The van der Waals surface area contributed by atoms with E-state index in [0.29, 0.717) is 0 Å². The third-order valence-electron chi connectivity index (χ3n) is 3.84. The molecule has 3 rings (SSSR count). The summed E-state index contributed by atoms with van der Waals surface area (Å²) in [7, 11) is 0. The Hall–Kier alpha value is -1.55. The highest BCUT2D eigenvalue weighted by Crippen LogP contribution is 2.35. The summed E-state index contributed by atoms with van der Waals surface area (Å²) >= 11 is 0. The summed E-state index contributed by atoms with van der Waals surface area (Å²) in [5, 5.41) is 10.8. The van der Waals surface area contributed by atoms with E-state index in [9.17, 15) is 0 Å². The number of rotatable bonds is 0. The number of amidine groups is 1. The average Bonchev–Trinajstić information content (AvgIpc) is 2.39. The lowest BCUT2D eigenvalue weighted by molar-refractivity contribution is 0.417. The van der Waals surface area contributed by atoms with E-state index in [-0.39, 0.29) is 11.1 Å². The molecule has 3 N–H and O–H groups in total. The molecule has 1 atom stereocenters. The molecule has 1 fully saturated rings. The number of hydrogen-bond acceptors (Lipinski definition) is 3. The summed E-state index contributed by atoms with van der Waals surface area (Å²) in [6.07, 6.45) is 2.27. The highest BCUT2D eigenvalue weighted by molar-refractivity contribution is 6.09. The summed E-state index contributed by atoms with van der Waals surface area (Å²) < 4.78 is 0.